The fourth-order valence-electron chi connectivity index (χ4n) is 13.8. The highest BCUT2D eigenvalue weighted by atomic mass is 17.1. The Morgan fingerprint density at radius 1 is 0.451 bits per heavy atom. The molecule has 0 amide bonds. The second kappa shape index (κ2) is 31.3. The van der Waals surface area contributed by atoms with E-state index in [1.807, 2.05) is 0 Å². The molecular formula is C63H98O8. The summed E-state index contributed by atoms with van der Waals surface area (Å²) in [6, 6.07) is 18.2. The molecule has 3 unspecified atom stereocenters. The predicted molar refractivity (Wildman–Crippen MR) is 290 cm³/mol. The second-order valence-electron chi connectivity index (χ2n) is 23.3. The zero-order valence-electron chi connectivity index (χ0n) is 44.6. The van der Waals surface area contributed by atoms with E-state index in [2.05, 4.69) is 104 Å². The first-order valence-electron chi connectivity index (χ1n) is 28.9. The van der Waals surface area contributed by atoms with Gasteiger partial charge in [-0.3, -0.25) is 15.8 Å². The van der Waals surface area contributed by atoms with E-state index in [0.29, 0.717) is 36.6 Å². The number of ether oxygens (including phenoxy) is 2. The molecule has 2 aromatic rings. The molecule has 0 aromatic heterocycles. The summed E-state index contributed by atoms with van der Waals surface area (Å²) in [7, 11) is 0. The monoisotopic (exact) mass is 983 g/mol. The van der Waals surface area contributed by atoms with Gasteiger partial charge < -0.3 is 9.47 Å². The zero-order chi connectivity index (χ0) is 50.4. The number of rotatable bonds is 19. The van der Waals surface area contributed by atoms with Crippen molar-refractivity contribution >= 4 is 0 Å². The van der Waals surface area contributed by atoms with Gasteiger partial charge in [-0.25, -0.2) is 14.7 Å². The minimum atomic E-state index is -0.268. The van der Waals surface area contributed by atoms with Crippen molar-refractivity contribution in [1.82, 2.24) is 0 Å². The van der Waals surface area contributed by atoms with Gasteiger partial charge in [0.15, 0.2) is 0 Å². The molecule has 8 heteroatoms. The molecule has 0 radical (unpaired) electrons. The molecule has 8 rings (SSSR count). The lowest BCUT2D eigenvalue weighted by Crippen LogP contribution is -2.30. The van der Waals surface area contributed by atoms with Gasteiger partial charge in [0, 0.05) is 0 Å². The highest BCUT2D eigenvalue weighted by molar-refractivity contribution is 5.64. The zero-order valence-corrected chi connectivity index (χ0v) is 44.6. The lowest BCUT2D eigenvalue weighted by atomic mass is 9.69. The third kappa shape index (κ3) is 18.0. The Labute approximate surface area is 431 Å². The van der Waals surface area contributed by atoms with Crippen LogP contribution in [-0.2, 0) is 30.6 Å². The maximum Gasteiger partial charge on any atom is 0.147 e. The average Bonchev–Trinajstić information content (AvgIpc) is 3.42. The molecular weight excluding hydrogens is 885 g/mol. The largest absolute Gasteiger partial charge is 0.352 e. The predicted octanol–water partition coefficient (Wildman–Crippen LogP) is 17.3. The molecule has 0 heterocycles. The van der Waals surface area contributed by atoms with Crippen molar-refractivity contribution < 1.29 is 39.9 Å². The van der Waals surface area contributed by atoms with Gasteiger partial charge in [-0.05, 0) is 216 Å². The van der Waals surface area contributed by atoms with Crippen LogP contribution in [0.4, 0.5) is 0 Å². The van der Waals surface area contributed by atoms with Crippen LogP contribution in [0.2, 0.25) is 0 Å². The fourth-order valence-corrected chi connectivity index (χ4v) is 13.8. The van der Waals surface area contributed by atoms with Crippen LogP contribution >= 0.6 is 0 Å². The molecule has 2 aromatic carbocycles. The fraction of sp³-hybridized carbons (Fsp3) is 0.714. The molecule has 0 bridgehead atoms. The molecule has 6 aliphatic carbocycles. The SMILES string of the molecule is C=CC(OO)C1CCC(C2CCC(C)CC2)CC1.C=CC(OO)C1CCC(C2CCC(C)CC2)CC1.C=CC(OO)C1CCC(OCOC2CCC(c3ccc(-c4ccc(CCC)cc4)cc3)CC2)CC1. The topological polar surface area (TPSA) is 107 Å². The summed E-state index contributed by atoms with van der Waals surface area (Å²) in [5.41, 5.74) is 5.46. The first-order chi connectivity index (χ1) is 34.7. The van der Waals surface area contributed by atoms with Gasteiger partial charge in [0.05, 0.1) is 12.2 Å². The van der Waals surface area contributed by atoms with Crippen LogP contribution in [-0.4, -0.2) is 53.1 Å². The minimum absolute atomic E-state index is 0.155. The Kier molecular flexibility index (Phi) is 25.4. The van der Waals surface area contributed by atoms with E-state index in [4.69, 9.17) is 25.2 Å². The van der Waals surface area contributed by atoms with Crippen molar-refractivity contribution in [3.63, 3.8) is 0 Å². The molecule has 71 heavy (non-hydrogen) atoms. The first kappa shape index (κ1) is 57.6. The smallest absolute Gasteiger partial charge is 0.147 e. The van der Waals surface area contributed by atoms with E-state index in [0.717, 1.165) is 80.5 Å². The maximum atomic E-state index is 8.98. The average molecular weight is 983 g/mol. The van der Waals surface area contributed by atoms with Gasteiger partial charge in [-0.2, -0.15) is 0 Å². The van der Waals surface area contributed by atoms with Crippen molar-refractivity contribution in [2.24, 2.45) is 53.3 Å². The molecule has 8 nitrogen and oxygen atoms in total. The van der Waals surface area contributed by atoms with Crippen molar-refractivity contribution in [2.75, 3.05) is 6.79 Å². The van der Waals surface area contributed by atoms with Crippen LogP contribution in [0.5, 0.6) is 0 Å². The number of hydrogen-bond acceptors (Lipinski definition) is 8. The summed E-state index contributed by atoms with van der Waals surface area (Å²) in [4.78, 5) is 13.6. The molecule has 0 aliphatic heterocycles. The Balaban J connectivity index is 0.000000192. The van der Waals surface area contributed by atoms with E-state index >= 15 is 0 Å². The highest BCUT2D eigenvalue weighted by Crippen LogP contribution is 2.44. The molecule has 398 valence electrons. The lowest BCUT2D eigenvalue weighted by Gasteiger charge is -2.38. The number of hydrogen-bond donors (Lipinski definition) is 3. The molecule has 6 aliphatic rings. The van der Waals surface area contributed by atoms with Gasteiger partial charge >= 0.3 is 0 Å². The lowest BCUT2D eigenvalue weighted by molar-refractivity contribution is -0.279. The van der Waals surface area contributed by atoms with Gasteiger partial charge in [0.25, 0.3) is 0 Å². The molecule has 6 saturated carbocycles. The Morgan fingerprint density at radius 3 is 1.11 bits per heavy atom. The summed E-state index contributed by atoms with van der Waals surface area (Å²) in [5.74, 6) is 7.61. The van der Waals surface area contributed by atoms with Crippen LogP contribution in [0.25, 0.3) is 11.1 Å². The van der Waals surface area contributed by atoms with Crippen LogP contribution < -0.4 is 0 Å². The van der Waals surface area contributed by atoms with Gasteiger partial charge in [-0.15, -0.1) is 19.7 Å². The molecule has 0 spiro atoms. The van der Waals surface area contributed by atoms with Crippen molar-refractivity contribution in [1.29, 1.82) is 0 Å². The van der Waals surface area contributed by atoms with E-state index < -0.39 is 0 Å². The molecule has 3 atom stereocenters. The van der Waals surface area contributed by atoms with E-state index in [-0.39, 0.29) is 24.4 Å². The molecule has 0 saturated heterocycles. The quantitative estimate of drug-likeness (QED) is 0.0553. The van der Waals surface area contributed by atoms with Crippen LogP contribution in [0.3, 0.4) is 0 Å². The third-order valence-electron chi connectivity index (χ3n) is 18.8. The van der Waals surface area contributed by atoms with E-state index in [1.165, 1.54) is 144 Å². The number of benzene rings is 2. The summed E-state index contributed by atoms with van der Waals surface area (Å²) >= 11 is 0. The Morgan fingerprint density at radius 2 is 0.775 bits per heavy atom. The maximum absolute atomic E-state index is 8.98. The normalized spacial score (nSPS) is 32.6. The van der Waals surface area contributed by atoms with Gasteiger partial charge in [-0.1, -0.05) is 120 Å². The van der Waals surface area contributed by atoms with Crippen LogP contribution in [0.15, 0.2) is 86.5 Å². The van der Waals surface area contributed by atoms with Gasteiger partial charge in [0.1, 0.15) is 25.1 Å². The van der Waals surface area contributed by atoms with E-state index in [1.54, 1.807) is 18.2 Å². The van der Waals surface area contributed by atoms with Crippen molar-refractivity contribution in [2.45, 2.75) is 224 Å². The van der Waals surface area contributed by atoms with Crippen molar-refractivity contribution in [3.8, 4) is 11.1 Å². The van der Waals surface area contributed by atoms with Crippen LogP contribution in [0, 0.1) is 53.3 Å². The van der Waals surface area contributed by atoms with Gasteiger partial charge in [0.2, 0.25) is 0 Å². The third-order valence-corrected chi connectivity index (χ3v) is 18.8. The molecule has 6 fully saturated rings. The summed E-state index contributed by atoms with van der Waals surface area (Å²) in [6.45, 7) is 18.6. The Bertz CT molecular complexity index is 1680. The minimum Gasteiger partial charge on any atom is -0.352 e. The summed E-state index contributed by atoms with van der Waals surface area (Å²) < 4.78 is 12.1. The number of aryl methyl sites for hydroxylation is 1. The summed E-state index contributed by atoms with van der Waals surface area (Å²) in [5, 5.41) is 26.7. The standard InChI is InChI=1S/C31H42O4.2C16H28O2/c1-3-5-23-6-8-24(9-7-23)25-10-12-26(13-11-25)27-14-18-29(19-15-27)33-22-34-30-20-16-28(17-21-30)31(4-2)35-32;2*1-3-16(18-17)15-10-8-14(9-11-15)13-6-4-12(2)5-7-13/h4,6-13,27-32H,2-3,5,14-22H2,1H3;2*3,12-17H,1,4-11H2,2H3. The van der Waals surface area contributed by atoms with E-state index in [9.17, 15) is 0 Å². The Hall–Kier alpha value is -2.66. The second-order valence-corrected chi connectivity index (χ2v) is 23.3. The van der Waals surface area contributed by atoms with Crippen LogP contribution in [0.1, 0.15) is 198 Å². The molecule has 3 N–H and O–H groups in total. The summed E-state index contributed by atoms with van der Waals surface area (Å²) in [6.07, 6.45) is 37.4. The first-order valence-corrected chi connectivity index (χ1v) is 28.9. The van der Waals surface area contributed by atoms with Crippen molar-refractivity contribution in [3.05, 3.63) is 97.6 Å². The highest BCUT2D eigenvalue weighted by Gasteiger charge is 2.34.